The summed E-state index contributed by atoms with van der Waals surface area (Å²) in [5, 5.41) is 2.81. The lowest BCUT2D eigenvalue weighted by molar-refractivity contribution is 0.0746. The third-order valence-electron chi connectivity index (χ3n) is 2.50. The largest absolute Gasteiger partial charge is 0.398 e. The molecule has 0 atom stereocenters. The van der Waals surface area contributed by atoms with E-state index in [1.165, 1.54) is 0 Å². The first-order chi connectivity index (χ1) is 8.41. The summed E-state index contributed by atoms with van der Waals surface area (Å²) < 4.78 is 6.16. The second-order valence-corrected chi connectivity index (χ2v) is 5.26. The van der Waals surface area contributed by atoms with E-state index in [0.29, 0.717) is 24.4 Å². The summed E-state index contributed by atoms with van der Waals surface area (Å²) in [6.45, 7) is 6.75. The lowest BCUT2D eigenvalue weighted by Gasteiger charge is -2.11. The summed E-state index contributed by atoms with van der Waals surface area (Å²) >= 11 is 3.33. The Morgan fingerprint density at radius 3 is 2.78 bits per heavy atom. The lowest BCUT2D eigenvalue weighted by Crippen LogP contribution is -2.28. The Labute approximate surface area is 116 Å². The summed E-state index contributed by atoms with van der Waals surface area (Å²) in [5.74, 6) is -0.132. The molecule has 0 unspecified atom stereocenters. The van der Waals surface area contributed by atoms with Gasteiger partial charge in [-0.15, -0.1) is 0 Å². The number of rotatable bonds is 5. The summed E-state index contributed by atoms with van der Waals surface area (Å²) in [7, 11) is 0. The Bertz CT molecular complexity index is 433. The van der Waals surface area contributed by atoms with Gasteiger partial charge in [0.25, 0.3) is 5.91 Å². The smallest absolute Gasteiger partial charge is 0.251 e. The maximum absolute atomic E-state index is 12.0. The molecular weight excluding hydrogens is 296 g/mol. The van der Waals surface area contributed by atoms with E-state index in [1.54, 1.807) is 12.1 Å². The number of halogens is 1. The van der Waals surface area contributed by atoms with Gasteiger partial charge in [-0.1, -0.05) is 15.9 Å². The maximum atomic E-state index is 12.0. The maximum Gasteiger partial charge on any atom is 0.251 e. The van der Waals surface area contributed by atoms with Gasteiger partial charge in [0, 0.05) is 22.3 Å². The number of anilines is 1. The fourth-order valence-corrected chi connectivity index (χ4v) is 1.97. The van der Waals surface area contributed by atoms with Crippen LogP contribution in [0.4, 0.5) is 5.69 Å². The number of nitrogens with two attached hydrogens (primary N) is 1. The zero-order chi connectivity index (χ0) is 13.7. The molecule has 1 rings (SSSR count). The first kappa shape index (κ1) is 15.0. The van der Waals surface area contributed by atoms with Gasteiger partial charge in [0.15, 0.2) is 0 Å². The first-order valence-electron chi connectivity index (χ1n) is 5.87. The Kier molecular flexibility index (Phi) is 5.62. The van der Waals surface area contributed by atoms with Gasteiger partial charge in [-0.05, 0) is 38.5 Å². The van der Waals surface area contributed by atoms with Crippen LogP contribution in [-0.2, 0) is 4.74 Å². The lowest BCUT2D eigenvalue weighted by atomic mass is 10.1. The Morgan fingerprint density at radius 1 is 1.50 bits per heavy atom. The van der Waals surface area contributed by atoms with Crippen molar-refractivity contribution in [1.82, 2.24) is 5.32 Å². The van der Waals surface area contributed by atoms with Crippen molar-refractivity contribution in [3.8, 4) is 0 Å². The zero-order valence-electron chi connectivity index (χ0n) is 10.9. The van der Waals surface area contributed by atoms with E-state index in [1.807, 2.05) is 20.8 Å². The first-order valence-corrected chi connectivity index (χ1v) is 6.66. The zero-order valence-corrected chi connectivity index (χ0v) is 12.5. The molecule has 0 radical (unpaired) electrons. The van der Waals surface area contributed by atoms with Gasteiger partial charge in [0.05, 0.1) is 12.7 Å². The molecule has 0 bridgehead atoms. The number of carbonyl (C=O) groups excluding carboxylic acids is 1. The van der Waals surface area contributed by atoms with Crippen molar-refractivity contribution >= 4 is 27.5 Å². The molecule has 0 saturated carbocycles. The number of hydrogen-bond donors (Lipinski definition) is 2. The molecule has 0 spiro atoms. The van der Waals surface area contributed by atoms with Gasteiger partial charge in [-0.3, -0.25) is 4.79 Å². The molecule has 0 aliphatic heterocycles. The van der Waals surface area contributed by atoms with Crippen LogP contribution in [0.15, 0.2) is 16.6 Å². The number of amides is 1. The third-order valence-corrected chi connectivity index (χ3v) is 2.95. The fraction of sp³-hybridized carbons (Fsp3) is 0.462. The molecule has 0 aliphatic rings. The van der Waals surface area contributed by atoms with Crippen LogP contribution in [0, 0.1) is 6.92 Å². The molecule has 0 aliphatic carbocycles. The SMILES string of the molecule is Cc1c(N)cc(Br)cc1C(=O)NCCOC(C)C. The molecule has 0 aromatic heterocycles. The topological polar surface area (TPSA) is 64.4 Å². The molecule has 100 valence electrons. The van der Waals surface area contributed by atoms with Crippen molar-refractivity contribution in [3.05, 3.63) is 27.7 Å². The highest BCUT2D eigenvalue weighted by Gasteiger charge is 2.11. The van der Waals surface area contributed by atoms with E-state index in [9.17, 15) is 4.79 Å². The average molecular weight is 315 g/mol. The molecule has 0 fully saturated rings. The van der Waals surface area contributed by atoms with Crippen molar-refractivity contribution in [2.75, 3.05) is 18.9 Å². The molecule has 3 N–H and O–H groups in total. The van der Waals surface area contributed by atoms with Gasteiger partial charge in [0.1, 0.15) is 0 Å². The summed E-state index contributed by atoms with van der Waals surface area (Å²) in [6.07, 6.45) is 0.171. The average Bonchev–Trinajstić information content (AvgIpc) is 2.28. The molecule has 4 nitrogen and oxygen atoms in total. The number of nitrogens with one attached hydrogen (secondary N) is 1. The van der Waals surface area contributed by atoms with Crippen LogP contribution in [0.3, 0.4) is 0 Å². The Balaban J connectivity index is 2.62. The highest BCUT2D eigenvalue weighted by Crippen LogP contribution is 2.22. The van der Waals surface area contributed by atoms with Crippen LogP contribution in [0.2, 0.25) is 0 Å². The normalized spacial score (nSPS) is 10.7. The molecule has 18 heavy (non-hydrogen) atoms. The van der Waals surface area contributed by atoms with E-state index in [2.05, 4.69) is 21.2 Å². The number of hydrogen-bond acceptors (Lipinski definition) is 3. The minimum absolute atomic E-state index is 0.132. The minimum atomic E-state index is -0.132. The number of carbonyl (C=O) groups is 1. The van der Waals surface area contributed by atoms with Crippen LogP contribution >= 0.6 is 15.9 Å². The van der Waals surface area contributed by atoms with Crippen LogP contribution < -0.4 is 11.1 Å². The van der Waals surface area contributed by atoms with Gasteiger partial charge < -0.3 is 15.8 Å². The van der Waals surface area contributed by atoms with Gasteiger partial charge in [0.2, 0.25) is 0 Å². The van der Waals surface area contributed by atoms with E-state index in [0.717, 1.165) is 10.0 Å². The predicted molar refractivity (Wildman–Crippen MR) is 76.7 cm³/mol. The number of benzene rings is 1. The number of ether oxygens (including phenoxy) is 1. The quantitative estimate of drug-likeness (QED) is 0.648. The molecular formula is C13H19BrN2O2. The van der Waals surface area contributed by atoms with Crippen molar-refractivity contribution in [2.24, 2.45) is 0 Å². The van der Waals surface area contributed by atoms with E-state index >= 15 is 0 Å². The summed E-state index contributed by atoms with van der Waals surface area (Å²) in [4.78, 5) is 12.0. The van der Waals surface area contributed by atoms with Crippen LogP contribution in [-0.4, -0.2) is 25.2 Å². The summed E-state index contributed by atoms with van der Waals surface area (Å²) in [6, 6.07) is 3.55. The highest BCUT2D eigenvalue weighted by atomic mass is 79.9. The molecule has 0 saturated heterocycles. The van der Waals surface area contributed by atoms with E-state index in [4.69, 9.17) is 10.5 Å². The van der Waals surface area contributed by atoms with Crippen LogP contribution in [0.5, 0.6) is 0 Å². The van der Waals surface area contributed by atoms with Gasteiger partial charge in [-0.2, -0.15) is 0 Å². The van der Waals surface area contributed by atoms with E-state index < -0.39 is 0 Å². The van der Waals surface area contributed by atoms with Crippen LogP contribution in [0.25, 0.3) is 0 Å². The van der Waals surface area contributed by atoms with Crippen LogP contribution in [0.1, 0.15) is 29.8 Å². The van der Waals surface area contributed by atoms with Gasteiger partial charge in [-0.25, -0.2) is 0 Å². The Hall–Kier alpha value is -1.07. The van der Waals surface area contributed by atoms with Gasteiger partial charge >= 0.3 is 0 Å². The molecule has 0 heterocycles. The van der Waals surface area contributed by atoms with Crippen molar-refractivity contribution in [3.63, 3.8) is 0 Å². The predicted octanol–water partition coefficient (Wildman–Crippen LogP) is 2.49. The monoisotopic (exact) mass is 314 g/mol. The number of nitrogen functional groups attached to an aromatic ring is 1. The molecule has 1 amide bonds. The molecule has 1 aromatic carbocycles. The molecule has 1 aromatic rings. The Morgan fingerprint density at radius 2 is 2.17 bits per heavy atom. The second-order valence-electron chi connectivity index (χ2n) is 4.34. The standard InChI is InChI=1S/C13H19BrN2O2/c1-8(2)18-5-4-16-13(17)11-6-10(14)7-12(15)9(11)3/h6-8H,4-5,15H2,1-3H3,(H,16,17). The summed E-state index contributed by atoms with van der Waals surface area (Å²) in [5.41, 5.74) is 7.81. The fourth-order valence-electron chi connectivity index (χ4n) is 1.49. The van der Waals surface area contributed by atoms with Crippen molar-refractivity contribution in [1.29, 1.82) is 0 Å². The van der Waals surface area contributed by atoms with Crippen molar-refractivity contribution in [2.45, 2.75) is 26.9 Å². The third kappa shape index (κ3) is 4.31. The minimum Gasteiger partial charge on any atom is -0.398 e. The van der Waals surface area contributed by atoms with Crippen molar-refractivity contribution < 1.29 is 9.53 Å². The second kappa shape index (κ2) is 6.75. The highest BCUT2D eigenvalue weighted by molar-refractivity contribution is 9.10. The van der Waals surface area contributed by atoms with E-state index in [-0.39, 0.29) is 12.0 Å². The molecule has 5 heteroatoms.